The van der Waals surface area contributed by atoms with Gasteiger partial charge in [0.1, 0.15) is 5.54 Å². The van der Waals surface area contributed by atoms with Crippen LogP contribution in [0.15, 0.2) is 23.1 Å². The van der Waals surface area contributed by atoms with Crippen LogP contribution in [-0.2, 0) is 25.5 Å². The Hall–Kier alpha value is -2.36. The summed E-state index contributed by atoms with van der Waals surface area (Å²) in [4.78, 5) is 16.3. The average Bonchev–Trinajstić information content (AvgIpc) is 3.81. The smallest absolute Gasteiger partial charge is 0.381 e. The molecule has 3 saturated carbocycles. The molecule has 12 heteroatoms. The summed E-state index contributed by atoms with van der Waals surface area (Å²) >= 11 is 0. The lowest BCUT2D eigenvalue weighted by Crippen LogP contribution is -2.47. The van der Waals surface area contributed by atoms with Crippen molar-refractivity contribution in [3.8, 4) is 6.07 Å². The number of halogens is 3. The van der Waals surface area contributed by atoms with E-state index in [1.165, 1.54) is 13.2 Å². The average molecular weight is 541 g/mol. The van der Waals surface area contributed by atoms with Gasteiger partial charge in [0, 0.05) is 45.0 Å². The first-order valence-corrected chi connectivity index (χ1v) is 14.2. The molecule has 1 aliphatic heterocycles. The highest BCUT2D eigenvalue weighted by molar-refractivity contribution is 7.92. The standard InChI is InChI=1S/C25H31F3N4O4S/c1-36-21-14-18(13-19(21)23(33)30-24(15-29)6-7-24)37(34,35)22-5-4-17(12-20(22)25(26,27)28)32-10-8-31(9-11-32)16-2-3-16/h4-5,12,16,18-19,21H,2-3,6-11,13-14H2,1H3,(H,30,33)/t18-,19-,21-/m1/s1. The molecule has 1 aromatic rings. The topological polar surface area (TPSA) is 103 Å². The molecule has 1 N–H and O–H groups in total. The fourth-order valence-corrected chi connectivity index (χ4v) is 7.61. The van der Waals surface area contributed by atoms with Crippen molar-refractivity contribution < 1.29 is 31.1 Å². The summed E-state index contributed by atoms with van der Waals surface area (Å²) < 4.78 is 74.9. The number of nitriles is 1. The molecule has 1 heterocycles. The maximum atomic E-state index is 14.2. The molecule has 4 fully saturated rings. The van der Waals surface area contributed by atoms with E-state index in [4.69, 9.17) is 4.74 Å². The maximum absolute atomic E-state index is 14.2. The second-order valence-electron chi connectivity index (χ2n) is 10.6. The van der Waals surface area contributed by atoms with Gasteiger partial charge in [-0.3, -0.25) is 9.69 Å². The van der Waals surface area contributed by atoms with Gasteiger partial charge in [0.15, 0.2) is 9.84 Å². The summed E-state index contributed by atoms with van der Waals surface area (Å²) in [5, 5.41) is 10.7. The molecule has 37 heavy (non-hydrogen) atoms. The van der Waals surface area contributed by atoms with Crippen LogP contribution < -0.4 is 10.2 Å². The van der Waals surface area contributed by atoms with E-state index in [0.29, 0.717) is 37.7 Å². The molecule has 0 spiro atoms. The van der Waals surface area contributed by atoms with Crippen molar-refractivity contribution in [3.63, 3.8) is 0 Å². The maximum Gasteiger partial charge on any atom is 0.417 e. The summed E-state index contributed by atoms with van der Waals surface area (Å²) in [5.74, 6) is -1.37. The summed E-state index contributed by atoms with van der Waals surface area (Å²) in [6, 6.07) is 6.09. The molecule has 0 radical (unpaired) electrons. The molecule has 5 rings (SSSR count). The molecule has 1 amide bonds. The van der Waals surface area contributed by atoms with Crippen molar-refractivity contribution in [2.24, 2.45) is 5.92 Å². The predicted octanol–water partition coefficient (Wildman–Crippen LogP) is 2.73. The predicted molar refractivity (Wildman–Crippen MR) is 128 cm³/mol. The van der Waals surface area contributed by atoms with E-state index in [2.05, 4.69) is 16.3 Å². The van der Waals surface area contributed by atoms with Gasteiger partial charge in [-0.15, -0.1) is 0 Å². The number of alkyl halides is 3. The molecule has 1 saturated heterocycles. The summed E-state index contributed by atoms with van der Waals surface area (Å²) in [6.07, 6.45) is -2.55. The Morgan fingerprint density at radius 3 is 2.38 bits per heavy atom. The van der Waals surface area contributed by atoms with Gasteiger partial charge in [0.05, 0.1) is 33.8 Å². The normalized spacial score (nSPS) is 28.1. The lowest BCUT2D eigenvalue weighted by Gasteiger charge is -2.36. The first-order chi connectivity index (χ1) is 17.5. The number of sulfone groups is 1. The van der Waals surface area contributed by atoms with E-state index in [1.54, 1.807) is 0 Å². The van der Waals surface area contributed by atoms with Crippen LogP contribution in [0.5, 0.6) is 0 Å². The number of anilines is 1. The third kappa shape index (κ3) is 5.18. The second-order valence-corrected chi connectivity index (χ2v) is 12.8. The number of ether oxygens (including phenoxy) is 1. The third-order valence-corrected chi connectivity index (χ3v) is 10.4. The summed E-state index contributed by atoms with van der Waals surface area (Å²) in [6.45, 7) is 2.70. The number of hydrogen-bond donors (Lipinski definition) is 1. The number of carbonyl (C=O) groups is 1. The van der Waals surface area contributed by atoms with Crippen molar-refractivity contribution in [3.05, 3.63) is 23.8 Å². The first-order valence-electron chi connectivity index (χ1n) is 12.7. The van der Waals surface area contributed by atoms with Gasteiger partial charge in [-0.1, -0.05) is 0 Å². The number of nitrogens with one attached hydrogen (secondary N) is 1. The van der Waals surface area contributed by atoms with Crippen LogP contribution in [0.4, 0.5) is 18.9 Å². The van der Waals surface area contributed by atoms with Gasteiger partial charge in [-0.25, -0.2) is 8.42 Å². The van der Waals surface area contributed by atoms with Crippen LogP contribution in [0.1, 0.15) is 44.1 Å². The van der Waals surface area contributed by atoms with Crippen LogP contribution in [-0.4, -0.2) is 75.4 Å². The molecule has 3 atom stereocenters. The molecule has 0 aromatic heterocycles. The van der Waals surface area contributed by atoms with Crippen molar-refractivity contribution in [1.82, 2.24) is 10.2 Å². The molecule has 8 nitrogen and oxygen atoms in total. The number of benzene rings is 1. The molecule has 202 valence electrons. The van der Waals surface area contributed by atoms with Gasteiger partial charge < -0.3 is 15.0 Å². The van der Waals surface area contributed by atoms with E-state index < -0.39 is 55.2 Å². The second kappa shape index (κ2) is 9.43. The molecular weight excluding hydrogens is 509 g/mol. The zero-order valence-electron chi connectivity index (χ0n) is 20.6. The van der Waals surface area contributed by atoms with Crippen molar-refractivity contribution >= 4 is 21.4 Å². The number of rotatable bonds is 7. The number of amides is 1. The minimum absolute atomic E-state index is 0.0986. The van der Waals surface area contributed by atoms with Crippen LogP contribution in [0, 0.1) is 17.2 Å². The Bertz CT molecular complexity index is 1200. The minimum Gasteiger partial charge on any atom is -0.381 e. The van der Waals surface area contributed by atoms with Crippen LogP contribution >= 0.6 is 0 Å². The Morgan fingerprint density at radius 1 is 1.16 bits per heavy atom. The summed E-state index contributed by atoms with van der Waals surface area (Å²) in [7, 11) is -3.08. The Morgan fingerprint density at radius 2 is 1.84 bits per heavy atom. The zero-order valence-corrected chi connectivity index (χ0v) is 21.4. The highest BCUT2D eigenvalue weighted by Gasteiger charge is 2.51. The van der Waals surface area contributed by atoms with Crippen LogP contribution in [0.3, 0.4) is 0 Å². The molecule has 4 aliphatic rings. The number of hydrogen-bond acceptors (Lipinski definition) is 7. The van der Waals surface area contributed by atoms with Gasteiger partial charge in [-0.2, -0.15) is 18.4 Å². The minimum atomic E-state index is -4.87. The third-order valence-electron chi connectivity index (χ3n) is 8.18. The van der Waals surface area contributed by atoms with E-state index in [-0.39, 0.29) is 12.8 Å². The molecular formula is C25H31F3N4O4S. The fraction of sp³-hybridized carbons (Fsp3) is 0.680. The zero-order chi connectivity index (χ0) is 26.6. The van der Waals surface area contributed by atoms with Crippen molar-refractivity contribution in [2.75, 3.05) is 38.2 Å². The Labute approximate surface area is 214 Å². The number of piperazine rings is 1. The van der Waals surface area contributed by atoms with E-state index >= 15 is 0 Å². The van der Waals surface area contributed by atoms with Crippen LogP contribution in [0.2, 0.25) is 0 Å². The van der Waals surface area contributed by atoms with E-state index in [1.807, 2.05) is 4.90 Å². The SMILES string of the molecule is CO[C@@H]1C[C@H](S(=O)(=O)c2ccc(N3CCN(C4CC4)CC3)cc2C(F)(F)F)C[C@H]1C(=O)NC1(C#N)CC1. The van der Waals surface area contributed by atoms with E-state index in [0.717, 1.165) is 38.1 Å². The number of methoxy groups -OCH3 is 1. The highest BCUT2D eigenvalue weighted by atomic mass is 32.2. The van der Waals surface area contributed by atoms with Gasteiger partial charge in [0.25, 0.3) is 0 Å². The molecule has 1 aromatic carbocycles. The Kier molecular flexibility index (Phi) is 6.69. The van der Waals surface area contributed by atoms with Gasteiger partial charge in [-0.05, 0) is 56.7 Å². The highest BCUT2D eigenvalue weighted by Crippen LogP contribution is 2.43. The lowest BCUT2D eigenvalue weighted by atomic mass is 10.0. The van der Waals surface area contributed by atoms with Crippen LogP contribution in [0.25, 0.3) is 0 Å². The first kappa shape index (κ1) is 26.3. The molecule has 0 bridgehead atoms. The largest absolute Gasteiger partial charge is 0.417 e. The Balaban J connectivity index is 1.37. The molecule has 3 aliphatic carbocycles. The van der Waals surface area contributed by atoms with Crippen molar-refractivity contribution in [2.45, 2.75) is 72.5 Å². The van der Waals surface area contributed by atoms with Crippen molar-refractivity contribution in [1.29, 1.82) is 5.26 Å². The van der Waals surface area contributed by atoms with E-state index in [9.17, 15) is 31.6 Å². The number of nitrogens with zero attached hydrogens (tertiary/aromatic N) is 3. The molecule has 0 unspecified atom stereocenters. The van der Waals surface area contributed by atoms with Gasteiger partial charge >= 0.3 is 6.18 Å². The monoisotopic (exact) mass is 540 g/mol. The van der Waals surface area contributed by atoms with Gasteiger partial charge in [0.2, 0.25) is 5.91 Å². The summed E-state index contributed by atoms with van der Waals surface area (Å²) in [5.41, 5.74) is -1.76. The quantitative estimate of drug-likeness (QED) is 0.567. The lowest BCUT2D eigenvalue weighted by molar-refractivity contribution is -0.139. The number of carbonyl (C=O) groups excluding carboxylic acids is 1. The fourth-order valence-electron chi connectivity index (χ4n) is 5.61.